The van der Waals surface area contributed by atoms with Crippen LogP contribution in [0.25, 0.3) is 21.8 Å². The molecule has 2 aliphatic rings. The first-order chi connectivity index (χ1) is 18.8. The van der Waals surface area contributed by atoms with Crippen LogP contribution in [-0.2, 0) is 10.1 Å². The van der Waals surface area contributed by atoms with E-state index in [2.05, 4.69) is 19.8 Å². The lowest BCUT2D eigenvalue weighted by Crippen LogP contribution is -2.53. The van der Waals surface area contributed by atoms with E-state index in [1.165, 1.54) is 13.2 Å². The maximum absolute atomic E-state index is 14.3. The lowest BCUT2D eigenvalue weighted by Gasteiger charge is -2.44. The molecule has 2 aromatic heterocycles. The number of ether oxygens (including phenoxy) is 1. The van der Waals surface area contributed by atoms with Gasteiger partial charge >= 0.3 is 0 Å². The van der Waals surface area contributed by atoms with Crippen LogP contribution in [0.2, 0.25) is 0 Å². The van der Waals surface area contributed by atoms with Crippen molar-refractivity contribution in [3.63, 3.8) is 0 Å². The Morgan fingerprint density at radius 3 is 2.31 bits per heavy atom. The Bertz CT molecular complexity index is 1630. The van der Waals surface area contributed by atoms with Crippen LogP contribution in [0.3, 0.4) is 0 Å². The Labute approximate surface area is 226 Å². The minimum absolute atomic E-state index is 0.102. The van der Waals surface area contributed by atoms with Gasteiger partial charge in [0.05, 0.1) is 29.5 Å². The molecule has 0 saturated carbocycles. The van der Waals surface area contributed by atoms with Crippen molar-refractivity contribution >= 4 is 43.3 Å². The molecule has 4 heterocycles. The molecular weight excluding hydrogens is 521 g/mol. The van der Waals surface area contributed by atoms with E-state index in [0.29, 0.717) is 41.2 Å². The van der Waals surface area contributed by atoms with Gasteiger partial charge in [0.15, 0.2) is 4.90 Å². The van der Waals surface area contributed by atoms with Gasteiger partial charge in [-0.15, -0.1) is 0 Å². The number of fused-ring (bicyclic) bond motifs is 2. The van der Waals surface area contributed by atoms with E-state index in [4.69, 9.17) is 4.74 Å². The van der Waals surface area contributed by atoms with Gasteiger partial charge in [-0.3, -0.25) is 19.4 Å². The zero-order valence-corrected chi connectivity index (χ0v) is 22.4. The van der Waals surface area contributed by atoms with Gasteiger partial charge in [-0.2, -0.15) is 8.42 Å². The fourth-order valence-electron chi connectivity index (χ4n) is 6.02. The summed E-state index contributed by atoms with van der Waals surface area (Å²) in [6.45, 7) is 4.38. The second kappa shape index (κ2) is 10.2. The van der Waals surface area contributed by atoms with E-state index in [1.54, 1.807) is 36.7 Å². The van der Waals surface area contributed by atoms with Crippen LogP contribution in [-0.4, -0.2) is 80.3 Å². The molecule has 2 aliphatic heterocycles. The molecule has 0 aliphatic carbocycles. The number of rotatable bonds is 5. The van der Waals surface area contributed by atoms with Gasteiger partial charge < -0.3 is 14.5 Å². The summed E-state index contributed by atoms with van der Waals surface area (Å²) in [6, 6.07) is 12.5. The zero-order chi connectivity index (χ0) is 27.1. The van der Waals surface area contributed by atoms with Gasteiger partial charge in [0.1, 0.15) is 11.6 Å². The van der Waals surface area contributed by atoms with Crippen molar-refractivity contribution in [2.24, 2.45) is 0 Å². The highest BCUT2D eigenvalue weighted by Gasteiger charge is 2.33. The molecule has 1 N–H and O–H groups in total. The molecule has 6 rings (SSSR count). The number of halogens is 1. The van der Waals surface area contributed by atoms with Crippen LogP contribution in [0.5, 0.6) is 5.75 Å². The molecule has 11 heteroatoms. The lowest BCUT2D eigenvalue weighted by molar-refractivity contribution is 0.160. The standard InChI is InChI=1S/C28H30FN5O4S/c1-38-24-18-19-4-2-10-30-25(19)27(28(24)39(35,36)37)34-16-14-32(15-17-34)20-8-12-33(13-9-20)23-7-6-22(29)21-5-3-11-31-26(21)23/h2-7,10-11,18,20H,8-9,12-17H2,1H3,(H,35,36,37). The molecule has 39 heavy (non-hydrogen) atoms. The molecule has 2 aromatic carbocycles. The average molecular weight is 552 g/mol. The molecule has 0 atom stereocenters. The molecule has 0 bridgehead atoms. The number of piperazine rings is 1. The summed E-state index contributed by atoms with van der Waals surface area (Å²) < 4.78 is 54.7. The molecule has 0 radical (unpaired) electrons. The van der Waals surface area contributed by atoms with Crippen LogP contribution in [0.15, 0.2) is 59.8 Å². The molecule has 0 unspecified atom stereocenters. The van der Waals surface area contributed by atoms with Crippen molar-refractivity contribution in [2.75, 3.05) is 56.2 Å². The third kappa shape index (κ3) is 4.75. The number of hydrogen-bond donors (Lipinski definition) is 1. The van der Waals surface area contributed by atoms with Crippen molar-refractivity contribution in [1.29, 1.82) is 0 Å². The highest BCUT2D eigenvalue weighted by Crippen LogP contribution is 2.40. The maximum atomic E-state index is 14.3. The Balaban J connectivity index is 1.18. The first kappa shape index (κ1) is 25.7. The van der Waals surface area contributed by atoms with Crippen LogP contribution < -0.4 is 14.5 Å². The lowest BCUT2D eigenvalue weighted by atomic mass is 10.0. The van der Waals surface area contributed by atoms with Gasteiger partial charge in [0, 0.05) is 68.5 Å². The van der Waals surface area contributed by atoms with Gasteiger partial charge in [0.2, 0.25) is 0 Å². The maximum Gasteiger partial charge on any atom is 0.300 e. The summed E-state index contributed by atoms with van der Waals surface area (Å²) >= 11 is 0. The third-order valence-electron chi connectivity index (χ3n) is 7.91. The summed E-state index contributed by atoms with van der Waals surface area (Å²) in [6.07, 6.45) is 5.25. The normalized spacial score (nSPS) is 17.7. The van der Waals surface area contributed by atoms with Crippen molar-refractivity contribution in [3.8, 4) is 5.75 Å². The monoisotopic (exact) mass is 551 g/mol. The average Bonchev–Trinajstić information content (AvgIpc) is 2.96. The molecule has 4 aromatic rings. The molecule has 0 spiro atoms. The summed E-state index contributed by atoms with van der Waals surface area (Å²) in [5.41, 5.74) is 2.56. The first-order valence-electron chi connectivity index (χ1n) is 13.1. The van der Waals surface area contributed by atoms with Crippen LogP contribution >= 0.6 is 0 Å². The Kier molecular flexibility index (Phi) is 6.74. The quantitative estimate of drug-likeness (QED) is 0.370. The van der Waals surface area contributed by atoms with Crippen LogP contribution in [0, 0.1) is 5.82 Å². The zero-order valence-electron chi connectivity index (χ0n) is 21.6. The summed E-state index contributed by atoms with van der Waals surface area (Å²) in [5, 5.41) is 1.28. The summed E-state index contributed by atoms with van der Waals surface area (Å²) in [4.78, 5) is 15.4. The number of nitrogens with zero attached hydrogens (tertiary/aromatic N) is 5. The largest absolute Gasteiger partial charge is 0.495 e. The number of pyridine rings is 2. The van der Waals surface area contributed by atoms with E-state index >= 15 is 0 Å². The van der Waals surface area contributed by atoms with Gasteiger partial charge in [-0.1, -0.05) is 6.07 Å². The SMILES string of the molecule is COc1cc2cccnc2c(N2CCN(C3CCN(c4ccc(F)c5cccnc45)CC3)CC2)c1S(=O)(=O)O. The van der Waals surface area contributed by atoms with E-state index in [1.807, 2.05) is 17.0 Å². The van der Waals surface area contributed by atoms with E-state index in [9.17, 15) is 17.4 Å². The second-order valence-electron chi connectivity index (χ2n) is 10.0. The number of benzene rings is 2. The van der Waals surface area contributed by atoms with Gasteiger partial charge in [-0.25, -0.2) is 4.39 Å². The summed E-state index contributed by atoms with van der Waals surface area (Å²) in [5.74, 6) is -0.156. The van der Waals surface area contributed by atoms with Crippen molar-refractivity contribution in [3.05, 3.63) is 60.7 Å². The predicted octanol–water partition coefficient (Wildman–Crippen LogP) is 3.97. The van der Waals surface area contributed by atoms with Gasteiger partial charge in [-0.05, 0) is 49.2 Å². The first-order valence-corrected chi connectivity index (χ1v) is 14.5. The molecule has 2 fully saturated rings. The van der Waals surface area contributed by atoms with E-state index in [-0.39, 0.29) is 16.5 Å². The smallest absolute Gasteiger partial charge is 0.300 e. The molecular formula is C28H30FN5O4S. The van der Waals surface area contributed by atoms with Crippen molar-refractivity contribution in [2.45, 2.75) is 23.8 Å². The molecule has 9 nitrogen and oxygen atoms in total. The van der Waals surface area contributed by atoms with E-state index in [0.717, 1.165) is 50.1 Å². The van der Waals surface area contributed by atoms with E-state index < -0.39 is 10.1 Å². The fraction of sp³-hybridized carbons (Fsp3) is 0.357. The Hall–Kier alpha value is -3.54. The minimum Gasteiger partial charge on any atom is -0.495 e. The van der Waals surface area contributed by atoms with Gasteiger partial charge in [0.25, 0.3) is 10.1 Å². The van der Waals surface area contributed by atoms with Crippen LogP contribution in [0.1, 0.15) is 12.8 Å². The fourth-order valence-corrected chi connectivity index (χ4v) is 6.88. The minimum atomic E-state index is -4.56. The van der Waals surface area contributed by atoms with Crippen LogP contribution in [0.4, 0.5) is 15.8 Å². The Morgan fingerprint density at radius 2 is 1.62 bits per heavy atom. The Morgan fingerprint density at radius 1 is 0.923 bits per heavy atom. The number of anilines is 2. The third-order valence-corrected chi connectivity index (χ3v) is 8.82. The highest BCUT2D eigenvalue weighted by molar-refractivity contribution is 7.86. The molecule has 204 valence electrons. The second-order valence-corrected chi connectivity index (χ2v) is 11.4. The highest BCUT2D eigenvalue weighted by atomic mass is 32.2. The van der Waals surface area contributed by atoms with Crippen molar-refractivity contribution in [1.82, 2.24) is 14.9 Å². The number of piperidine rings is 1. The topological polar surface area (TPSA) is 99.1 Å². The number of aromatic nitrogens is 2. The predicted molar refractivity (Wildman–Crippen MR) is 149 cm³/mol. The molecule has 2 saturated heterocycles. The molecule has 0 amide bonds. The van der Waals surface area contributed by atoms with Crippen molar-refractivity contribution < 1.29 is 22.1 Å². The summed E-state index contributed by atoms with van der Waals surface area (Å²) in [7, 11) is -3.16. The number of methoxy groups -OCH3 is 1. The number of hydrogen-bond acceptors (Lipinski definition) is 8.